The Morgan fingerprint density at radius 1 is 1.14 bits per heavy atom. The van der Waals surface area contributed by atoms with Crippen LogP contribution in [-0.2, 0) is 4.74 Å². The lowest BCUT2D eigenvalue weighted by Gasteiger charge is -2.42. The minimum absolute atomic E-state index is 0.175. The zero-order valence-electron chi connectivity index (χ0n) is 12.9. The maximum atomic E-state index is 5.39. The van der Waals surface area contributed by atoms with E-state index in [1.165, 1.54) is 19.3 Å². The fourth-order valence-corrected chi connectivity index (χ4v) is 2.84. The first-order chi connectivity index (χ1) is 10.2. The van der Waals surface area contributed by atoms with Gasteiger partial charge in [-0.3, -0.25) is 0 Å². The number of nitrogens with one attached hydrogen (secondary N) is 2. The first kappa shape index (κ1) is 14.3. The topological polar surface area (TPSA) is 75.2 Å². The van der Waals surface area contributed by atoms with E-state index < -0.39 is 0 Å². The summed E-state index contributed by atoms with van der Waals surface area (Å²) in [6, 6.07) is 0. The first-order valence-corrected chi connectivity index (χ1v) is 7.79. The van der Waals surface area contributed by atoms with Crippen LogP contribution in [0.4, 0.5) is 17.8 Å². The van der Waals surface area contributed by atoms with Crippen LogP contribution in [0.25, 0.3) is 0 Å². The number of anilines is 3. The second kappa shape index (κ2) is 6.01. The van der Waals surface area contributed by atoms with Crippen LogP contribution in [0.3, 0.4) is 0 Å². The van der Waals surface area contributed by atoms with Gasteiger partial charge in [-0.15, -0.1) is 0 Å². The molecule has 2 heterocycles. The van der Waals surface area contributed by atoms with Gasteiger partial charge in [0.05, 0.1) is 13.2 Å². The van der Waals surface area contributed by atoms with Crippen molar-refractivity contribution in [2.75, 3.05) is 48.9 Å². The molecular weight excluding hydrogens is 268 g/mol. The van der Waals surface area contributed by atoms with Crippen LogP contribution >= 0.6 is 0 Å². The molecule has 1 aromatic heterocycles. The molecule has 116 valence electrons. The zero-order chi connectivity index (χ0) is 14.7. The van der Waals surface area contributed by atoms with E-state index in [4.69, 9.17) is 4.74 Å². The highest BCUT2D eigenvalue weighted by Gasteiger charge is 2.36. The molecular formula is C14H24N6O. The molecule has 2 aliphatic rings. The van der Waals surface area contributed by atoms with Gasteiger partial charge in [0.25, 0.3) is 0 Å². The van der Waals surface area contributed by atoms with E-state index >= 15 is 0 Å². The summed E-state index contributed by atoms with van der Waals surface area (Å²) in [6.07, 6.45) is 4.76. The Labute approximate surface area is 125 Å². The van der Waals surface area contributed by atoms with Crippen LogP contribution in [0.1, 0.15) is 32.6 Å². The van der Waals surface area contributed by atoms with Crippen LogP contribution < -0.4 is 15.5 Å². The van der Waals surface area contributed by atoms with E-state index in [9.17, 15) is 0 Å². The van der Waals surface area contributed by atoms with E-state index in [0.29, 0.717) is 11.9 Å². The van der Waals surface area contributed by atoms with Crippen molar-refractivity contribution in [1.29, 1.82) is 0 Å². The molecule has 7 nitrogen and oxygen atoms in total. The third-order valence-electron chi connectivity index (χ3n) is 4.51. The molecule has 1 aliphatic carbocycles. The Kier molecular flexibility index (Phi) is 4.10. The Hall–Kier alpha value is -1.63. The number of hydrogen-bond donors (Lipinski definition) is 2. The summed E-state index contributed by atoms with van der Waals surface area (Å²) in [4.78, 5) is 15.7. The van der Waals surface area contributed by atoms with Gasteiger partial charge in [-0.05, 0) is 25.7 Å². The van der Waals surface area contributed by atoms with E-state index in [-0.39, 0.29) is 5.54 Å². The number of ether oxygens (including phenoxy) is 1. The molecule has 21 heavy (non-hydrogen) atoms. The largest absolute Gasteiger partial charge is 0.378 e. The lowest BCUT2D eigenvalue weighted by Crippen LogP contribution is -2.45. The maximum absolute atomic E-state index is 5.39. The average Bonchev–Trinajstić information content (AvgIpc) is 2.51. The molecule has 0 unspecified atom stereocenters. The van der Waals surface area contributed by atoms with Gasteiger partial charge in [0, 0.05) is 25.7 Å². The summed E-state index contributed by atoms with van der Waals surface area (Å²) in [6.45, 7) is 5.32. The molecule has 0 spiro atoms. The highest BCUT2D eigenvalue weighted by molar-refractivity contribution is 5.45. The van der Waals surface area contributed by atoms with Crippen LogP contribution in [0.2, 0.25) is 0 Å². The van der Waals surface area contributed by atoms with E-state index in [1.807, 2.05) is 7.05 Å². The zero-order valence-corrected chi connectivity index (χ0v) is 12.9. The van der Waals surface area contributed by atoms with Crippen molar-refractivity contribution in [3.05, 3.63) is 0 Å². The van der Waals surface area contributed by atoms with E-state index in [0.717, 1.165) is 38.7 Å². The molecule has 1 aromatic rings. The number of nitrogens with zero attached hydrogens (tertiary/aromatic N) is 4. The van der Waals surface area contributed by atoms with E-state index in [1.54, 1.807) is 0 Å². The predicted octanol–water partition coefficient (Wildman–Crippen LogP) is 1.49. The lowest BCUT2D eigenvalue weighted by atomic mass is 9.75. The van der Waals surface area contributed by atoms with Crippen molar-refractivity contribution in [1.82, 2.24) is 15.0 Å². The van der Waals surface area contributed by atoms with Gasteiger partial charge < -0.3 is 20.3 Å². The molecule has 0 radical (unpaired) electrons. The highest BCUT2D eigenvalue weighted by Crippen LogP contribution is 2.37. The average molecular weight is 292 g/mol. The molecule has 0 amide bonds. The first-order valence-electron chi connectivity index (χ1n) is 7.79. The van der Waals surface area contributed by atoms with Crippen molar-refractivity contribution < 1.29 is 4.74 Å². The summed E-state index contributed by atoms with van der Waals surface area (Å²) in [5, 5.41) is 6.56. The Bertz CT molecular complexity index is 479. The maximum Gasteiger partial charge on any atom is 0.232 e. The molecule has 3 rings (SSSR count). The SMILES string of the molecule is CCC1(Nc2nc(NC)nc(N3CCOCC3)n2)CCC1. The van der Waals surface area contributed by atoms with Crippen LogP contribution in [-0.4, -0.2) is 53.8 Å². The van der Waals surface area contributed by atoms with Gasteiger partial charge in [0.2, 0.25) is 17.8 Å². The second-order valence-electron chi connectivity index (χ2n) is 5.74. The standard InChI is InChI=1S/C14H24N6O/c1-3-14(5-4-6-14)19-12-16-11(15-2)17-13(18-12)20-7-9-21-10-8-20/h3-10H2,1-2H3,(H2,15,16,17,18,19). The minimum Gasteiger partial charge on any atom is -0.378 e. The Balaban J connectivity index is 1.82. The molecule has 1 aliphatic heterocycles. The van der Waals surface area contributed by atoms with Gasteiger partial charge in [-0.1, -0.05) is 6.92 Å². The van der Waals surface area contributed by atoms with Crippen LogP contribution in [0.15, 0.2) is 0 Å². The summed E-state index contributed by atoms with van der Waals surface area (Å²) >= 11 is 0. The van der Waals surface area contributed by atoms with Gasteiger partial charge in [0.15, 0.2) is 0 Å². The lowest BCUT2D eigenvalue weighted by molar-refractivity contribution is 0.122. The minimum atomic E-state index is 0.175. The molecule has 2 N–H and O–H groups in total. The molecule has 0 bridgehead atoms. The predicted molar refractivity (Wildman–Crippen MR) is 82.9 cm³/mol. The fourth-order valence-electron chi connectivity index (χ4n) is 2.84. The third kappa shape index (κ3) is 3.02. The number of hydrogen-bond acceptors (Lipinski definition) is 7. The van der Waals surface area contributed by atoms with Crippen molar-refractivity contribution in [2.45, 2.75) is 38.1 Å². The Morgan fingerprint density at radius 2 is 1.86 bits per heavy atom. The molecule has 2 fully saturated rings. The summed E-state index contributed by atoms with van der Waals surface area (Å²) < 4.78 is 5.39. The van der Waals surface area contributed by atoms with Crippen LogP contribution in [0, 0.1) is 0 Å². The summed E-state index contributed by atoms with van der Waals surface area (Å²) in [5.41, 5.74) is 0.175. The van der Waals surface area contributed by atoms with Crippen molar-refractivity contribution in [2.24, 2.45) is 0 Å². The van der Waals surface area contributed by atoms with E-state index in [2.05, 4.69) is 37.4 Å². The highest BCUT2D eigenvalue weighted by atomic mass is 16.5. The fraction of sp³-hybridized carbons (Fsp3) is 0.786. The van der Waals surface area contributed by atoms with Gasteiger partial charge in [-0.2, -0.15) is 15.0 Å². The van der Waals surface area contributed by atoms with Gasteiger partial charge in [0.1, 0.15) is 0 Å². The molecule has 1 saturated heterocycles. The molecule has 0 aromatic carbocycles. The van der Waals surface area contributed by atoms with Gasteiger partial charge >= 0.3 is 0 Å². The van der Waals surface area contributed by atoms with Crippen molar-refractivity contribution >= 4 is 17.8 Å². The number of morpholine rings is 1. The van der Waals surface area contributed by atoms with Gasteiger partial charge in [-0.25, -0.2) is 0 Å². The third-order valence-corrected chi connectivity index (χ3v) is 4.51. The van der Waals surface area contributed by atoms with Crippen molar-refractivity contribution in [3.63, 3.8) is 0 Å². The smallest absolute Gasteiger partial charge is 0.232 e. The monoisotopic (exact) mass is 292 g/mol. The summed E-state index contributed by atoms with van der Waals surface area (Å²) in [5.74, 6) is 2.02. The normalized spacial score (nSPS) is 20.8. The summed E-state index contributed by atoms with van der Waals surface area (Å²) in [7, 11) is 1.83. The molecule has 1 saturated carbocycles. The Morgan fingerprint density at radius 3 is 2.43 bits per heavy atom. The molecule has 0 atom stereocenters. The second-order valence-corrected chi connectivity index (χ2v) is 5.74. The number of aromatic nitrogens is 3. The number of rotatable bonds is 5. The van der Waals surface area contributed by atoms with Crippen molar-refractivity contribution in [3.8, 4) is 0 Å². The quantitative estimate of drug-likeness (QED) is 0.851. The van der Waals surface area contributed by atoms with Crippen LogP contribution in [0.5, 0.6) is 0 Å². The molecule has 7 heteroatoms.